The van der Waals surface area contributed by atoms with Gasteiger partial charge in [-0.15, -0.1) is 0 Å². The Hall–Kier alpha value is -1.67. The van der Waals surface area contributed by atoms with Crippen molar-refractivity contribution >= 4 is 16.0 Å². The minimum Gasteiger partial charge on any atom is -0.494 e. The lowest BCUT2D eigenvalue weighted by atomic mass is 10.0. The number of hydrogen-bond donors (Lipinski definition) is 0. The third-order valence-electron chi connectivity index (χ3n) is 4.03. The normalized spacial score (nSPS) is 18.7. The van der Waals surface area contributed by atoms with Gasteiger partial charge < -0.3 is 9.47 Å². The first kappa shape index (κ1) is 19.7. The molecular formula is C17H24FNO5S. The van der Waals surface area contributed by atoms with E-state index >= 15 is 0 Å². The molecule has 0 bridgehead atoms. The summed E-state index contributed by atoms with van der Waals surface area (Å²) in [5.74, 6) is -0.625. The van der Waals surface area contributed by atoms with Crippen molar-refractivity contribution in [1.29, 1.82) is 0 Å². The van der Waals surface area contributed by atoms with Gasteiger partial charge in [0.05, 0.1) is 24.9 Å². The number of ether oxygens (including phenoxy) is 2. The molecule has 0 aliphatic carbocycles. The first-order chi connectivity index (χ1) is 11.9. The molecule has 25 heavy (non-hydrogen) atoms. The zero-order chi connectivity index (χ0) is 18.3. The molecule has 2 rings (SSSR count). The first-order valence-corrected chi connectivity index (χ1v) is 10.1. The SMILES string of the molecule is CCOC(=O)[C@@H]1CCCN(S(=O)(=O)CCCOc2ccc(F)cc2)C1. The van der Waals surface area contributed by atoms with Gasteiger partial charge in [0, 0.05) is 13.1 Å². The van der Waals surface area contributed by atoms with E-state index < -0.39 is 10.0 Å². The predicted molar refractivity (Wildman–Crippen MR) is 91.2 cm³/mol. The maximum absolute atomic E-state index is 12.8. The molecule has 0 spiro atoms. The third-order valence-corrected chi connectivity index (χ3v) is 5.95. The van der Waals surface area contributed by atoms with Crippen molar-refractivity contribution in [3.63, 3.8) is 0 Å². The fraction of sp³-hybridized carbons (Fsp3) is 0.588. The van der Waals surface area contributed by atoms with Gasteiger partial charge in [-0.1, -0.05) is 0 Å². The van der Waals surface area contributed by atoms with Crippen LogP contribution in [0.3, 0.4) is 0 Å². The standard InChI is InChI=1S/C17H24FNO5S/c1-2-23-17(20)14-5-3-10-19(13-14)25(21,22)12-4-11-24-16-8-6-15(18)7-9-16/h6-9,14H,2-5,10-13H2,1H3/t14-/m1/s1. The van der Waals surface area contributed by atoms with E-state index in [4.69, 9.17) is 9.47 Å². The molecule has 0 N–H and O–H groups in total. The van der Waals surface area contributed by atoms with Crippen LogP contribution in [0.4, 0.5) is 4.39 Å². The minimum absolute atomic E-state index is 0.0518. The zero-order valence-electron chi connectivity index (χ0n) is 14.3. The molecular weight excluding hydrogens is 349 g/mol. The van der Waals surface area contributed by atoms with Crippen LogP contribution in [-0.2, 0) is 19.6 Å². The van der Waals surface area contributed by atoms with Crippen molar-refractivity contribution in [3.05, 3.63) is 30.1 Å². The van der Waals surface area contributed by atoms with Gasteiger partial charge in [-0.05, 0) is 50.5 Å². The molecule has 1 aliphatic heterocycles. The number of benzene rings is 1. The van der Waals surface area contributed by atoms with Gasteiger partial charge in [0.15, 0.2) is 0 Å². The second-order valence-electron chi connectivity index (χ2n) is 5.92. The summed E-state index contributed by atoms with van der Waals surface area (Å²) in [7, 11) is -3.44. The second-order valence-corrected chi connectivity index (χ2v) is 8.01. The smallest absolute Gasteiger partial charge is 0.310 e. The van der Waals surface area contributed by atoms with Crippen molar-refractivity contribution in [3.8, 4) is 5.75 Å². The number of hydrogen-bond acceptors (Lipinski definition) is 5. The first-order valence-electron chi connectivity index (χ1n) is 8.45. The molecule has 140 valence electrons. The van der Waals surface area contributed by atoms with Crippen LogP contribution in [0.2, 0.25) is 0 Å². The van der Waals surface area contributed by atoms with Gasteiger partial charge in [-0.25, -0.2) is 17.1 Å². The molecule has 1 saturated heterocycles. The van der Waals surface area contributed by atoms with E-state index in [-0.39, 0.29) is 36.6 Å². The fourth-order valence-corrected chi connectivity index (χ4v) is 4.29. The molecule has 1 heterocycles. The number of nitrogens with zero attached hydrogens (tertiary/aromatic N) is 1. The summed E-state index contributed by atoms with van der Waals surface area (Å²) in [6.45, 7) is 2.86. The molecule has 1 aromatic carbocycles. The van der Waals surface area contributed by atoms with Crippen LogP contribution < -0.4 is 4.74 Å². The Balaban J connectivity index is 1.80. The van der Waals surface area contributed by atoms with Gasteiger partial charge in [0.2, 0.25) is 10.0 Å². The van der Waals surface area contributed by atoms with Crippen molar-refractivity contribution < 1.29 is 27.1 Å². The molecule has 1 aromatic rings. The van der Waals surface area contributed by atoms with Crippen molar-refractivity contribution in [2.75, 3.05) is 32.1 Å². The summed E-state index contributed by atoms with van der Waals surface area (Å²) < 4.78 is 49.4. The van der Waals surface area contributed by atoms with Crippen LogP contribution in [0.25, 0.3) is 0 Å². The fourth-order valence-electron chi connectivity index (χ4n) is 2.74. The Morgan fingerprint density at radius 1 is 1.32 bits per heavy atom. The summed E-state index contributed by atoms with van der Waals surface area (Å²) in [5, 5.41) is 0. The van der Waals surface area contributed by atoms with Crippen LogP contribution in [-0.4, -0.2) is 50.7 Å². The van der Waals surface area contributed by atoms with Crippen LogP contribution in [0, 0.1) is 11.7 Å². The maximum atomic E-state index is 12.8. The van der Waals surface area contributed by atoms with E-state index in [1.165, 1.54) is 28.6 Å². The van der Waals surface area contributed by atoms with E-state index in [1.54, 1.807) is 6.92 Å². The van der Waals surface area contributed by atoms with Crippen molar-refractivity contribution in [2.45, 2.75) is 26.2 Å². The van der Waals surface area contributed by atoms with E-state index in [9.17, 15) is 17.6 Å². The van der Waals surface area contributed by atoms with E-state index in [1.807, 2.05) is 0 Å². The number of carbonyl (C=O) groups excluding carboxylic acids is 1. The molecule has 1 atom stereocenters. The summed E-state index contributed by atoms with van der Waals surface area (Å²) >= 11 is 0. The number of sulfonamides is 1. The molecule has 0 aromatic heterocycles. The van der Waals surface area contributed by atoms with Crippen molar-refractivity contribution in [2.24, 2.45) is 5.92 Å². The molecule has 1 aliphatic rings. The Labute approximate surface area is 148 Å². The topological polar surface area (TPSA) is 72.9 Å². The molecule has 0 unspecified atom stereocenters. The van der Waals surface area contributed by atoms with Crippen LogP contribution in [0.15, 0.2) is 24.3 Å². The predicted octanol–water partition coefficient (Wildman–Crippen LogP) is 2.20. The maximum Gasteiger partial charge on any atom is 0.310 e. The number of halogens is 1. The molecule has 6 nitrogen and oxygen atoms in total. The lowest BCUT2D eigenvalue weighted by Gasteiger charge is -2.30. The van der Waals surface area contributed by atoms with Gasteiger partial charge in [0.25, 0.3) is 0 Å². The zero-order valence-corrected chi connectivity index (χ0v) is 15.1. The van der Waals surface area contributed by atoms with Crippen molar-refractivity contribution in [1.82, 2.24) is 4.31 Å². The lowest BCUT2D eigenvalue weighted by molar-refractivity contribution is -0.149. The Bertz CT molecular complexity index is 662. The molecule has 0 amide bonds. The highest BCUT2D eigenvalue weighted by atomic mass is 32.2. The average Bonchev–Trinajstić information content (AvgIpc) is 2.60. The third kappa shape index (κ3) is 5.97. The van der Waals surface area contributed by atoms with E-state index in [0.29, 0.717) is 38.2 Å². The lowest BCUT2D eigenvalue weighted by Crippen LogP contribution is -2.43. The minimum atomic E-state index is -3.44. The summed E-state index contributed by atoms with van der Waals surface area (Å²) in [5.41, 5.74) is 0. The summed E-state index contributed by atoms with van der Waals surface area (Å²) in [6, 6.07) is 5.57. The van der Waals surface area contributed by atoms with Gasteiger partial charge in [-0.2, -0.15) is 0 Å². The van der Waals surface area contributed by atoms with Gasteiger partial charge in [0.1, 0.15) is 11.6 Å². The molecule has 0 saturated carbocycles. The largest absolute Gasteiger partial charge is 0.494 e. The second kappa shape index (κ2) is 9.15. The Morgan fingerprint density at radius 2 is 2.04 bits per heavy atom. The van der Waals surface area contributed by atoms with Crippen LogP contribution in [0.1, 0.15) is 26.2 Å². The quantitative estimate of drug-likeness (QED) is 0.516. The number of piperidine rings is 1. The monoisotopic (exact) mass is 373 g/mol. The van der Waals surface area contributed by atoms with Gasteiger partial charge >= 0.3 is 5.97 Å². The number of rotatable bonds is 8. The summed E-state index contributed by atoms with van der Waals surface area (Å²) in [4.78, 5) is 11.8. The summed E-state index contributed by atoms with van der Waals surface area (Å²) in [6.07, 6.45) is 1.62. The highest BCUT2D eigenvalue weighted by Crippen LogP contribution is 2.21. The molecule has 0 radical (unpaired) electrons. The highest BCUT2D eigenvalue weighted by Gasteiger charge is 2.32. The van der Waals surface area contributed by atoms with Gasteiger partial charge in [-0.3, -0.25) is 4.79 Å². The van der Waals surface area contributed by atoms with E-state index in [0.717, 1.165) is 0 Å². The van der Waals surface area contributed by atoms with Crippen LogP contribution >= 0.6 is 0 Å². The molecule has 8 heteroatoms. The number of esters is 1. The number of carbonyl (C=O) groups is 1. The Morgan fingerprint density at radius 3 is 2.72 bits per heavy atom. The Kier molecular flexibility index (Phi) is 7.19. The average molecular weight is 373 g/mol. The van der Waals surface area contributed by atoms with Crippen LogP contribution in [0.5, 0.6) is 5.75 Å². The van der Waals surface area contributed by atoms with E-state index in [2.05, 4.69) is 0 Å². The highest BCUT2D eigenvalue weighted by molar-refractivity contribution is 7.89. The molecule has 1 fully saturated rings.